The number of nitrogens with one attached hydrogen (secondary N) is 1. The van der Waals surface area contributed by atoms with Crippen molar-refractivity contribution < 1.29 is 13.6 Å². The van der Waals surface area contributed by atoms with Gasteiger partial charge in [0.2, 0.25) is 5.91 Å². The van der Waals surface area contributed by atoms with E-state index in [1.165, 1.54) is 16.7 Å². The number of hydrogen-bond donors (Lipinski definition) is 1. The second kappa shape index (κ2) is 6.88. The number of aromatic nitrogens is 2. The van der Waals surface area contributed by atoms with Crippen LogP contribution in [0.4, 0.5) is 14.5 Å². The first-order valence-corrected chi connectivity index (χ1v) is 9.35. The normalized spacial score (nSPS) is 12.8. The third-order valence-corrected chi connectivity index (χ3v) is 5.27. The van der Waals surface area contributed by atoms with Gasteiger partial charge in [0.1, 0.15) is 11.6 Å². The summed E-state index contributed by atoms with van der Waals surface area (Å²) in [6, 6.07) is 14.6. The minimum Gasteiger partial charge on any atom is -0.326 e. The zero-order valence-electron chi connectivity index (χ0n) is 15.7. The number of benzene rings is 3. The minimum atomic E-state index is -0.743. The van der Waals surface area contributed by atoms with E-state index in [0.29, 0.717) is 27.8 Å². The van der Waals surface area contributed by atoms with Crippen LogP contribution in [0.25, 0.3) is 22.2 Å². The van der Waals surface area contributed by atoms with Crippen molar-refractivity contribution >= 4 is 22.6 Å². The van der Waals surface area contributed by atoms with Crippen molar-refractivity contribution in [2.75, 3.05) is 5.32 Å². The lowest BCUT2D eigenvalue weighted by molar-refractivity contribution is -0.115. The maximum atomic E-state index is 14.9. The summed E-state index contributed by atoms with van der Waals surface area (Å²) in [6.45, 7) is -0.248. The van der Waals surface area contributed by atoms with Gasteiger partial charge >= 0.3 is 0 Å². The summed E-state index contributed by atoms with van der Waals surface area (Å²) in [7, 11) is 0. The largest absolute Gasteiger partial charge is 0.326 e. The van der Waals surface area contributed by atoms with E-state index < -0.39 is 17.2 Å². The summed E-state index contributed by atoms with van der Waals surface area (Å²) in [5.74, 6) is -1.59. The predicted molar refractivity (Wildman–Crippen MR) is 109 cm³/mol. The quantitative estimate of drug-likeness (QED) is 0.565. The number of hydrogen-bond acceptors (Lipinski definition) is 3. The number of halogens is 2. The van der Waals surface area contributed by atoms with Crippen LogP contribution in [-0.2, 0) is 17.8 Å². The molecule has 148 valence electrons. The van der Waals surface area contributed by atoms with Crippen molar-refractivity contribution in [2.45, 2.75) is 13.0 Å². The molecule has 5 nitrogen and oxygen atoms in total. The molecule has 0 radical (unpaired) electrons. The van der Waals surface area contributed by atoms with Crippen LogP contribution in [0.2, 0.25) is 0 Å². The Hall–Kier alpha value is -3.87. The fourth-order valence-corrected chi connectivity index (χ4v) is 3.77. The number of fused-ring (bicyclic) bond motifs is 2. The molecule has 0 aliphatic carbocycles. The number of anilines is 1. The van der Waals surface area contributed by atoms with Crippen LogP contribution < -0.4 is 10.9 Å². The first-order chi connectivity index (χ1) is 14.5. The van der Waals surface area contributed by atoms with E-state index in [1.807, 2.05) is 0 Å². The molecular formula is C23H15F2N3O2. The van der Waals surface area contributed by atoms with E-state index in [2.05, 4.69) is 10.3 Å². The van der Waals surface area contributed by atoms with Crippen LogP contribution in [-0.4, -0.2) is 15.5 Å². The molecule has 2 heterocycles. The highest BCUT2D eigenvalue weighted by atomic mass is 19.1. The Morgan fingerprint density at radius 3 is 2.53 bits per heavy atom. The summed E-state index contributed by atoms with van der Waals surface area (Å²) in [5.41, 5.74) is 2.91. The van der Waals surface area contributed by atoms with Crippen molar-refractivity contribution in [3.8, 4) is 11.1 Å². The maximum Gasteiger partial charge on any atom is 0.269 e. The summed E-state index contributed by atoms with van der Waals surface area (Å²) in [4.78, 5) is 27.9. The molecule has 4 aromatic rings. The Bertz CT molecular complexity index is 1370. The molecule has 0 unspecified atom stereocenters. The van der Waals surface area contributed by atoms with Gasteiger partial charge in [0, 0.05) is 11.3 Å². The van der Waals surface area contributed by atoms with E-state index in [4.69, 9.17) is 0 Å². The van der Waals surface area contributed by atoms with Gasteiger partial charge in [-0.1, -0.05) is 18.2 Å². The Morgan fingerprint density at radius 1 is 0.967 bits per heavy atom. The van der Waals surface area contributed by atoms with Gasteiger partial charge in [-0.15, -0.1) is 0 Å². The number of amides is 1. The smallest absolute Gasteiger partial charge is 0.269 e. The van der Waals surface area contributed by atoms with Gasteiger partial charge in [-0.25, -0.2) is 13.8 Å². The van der Waals surface area contributed by atoms with Gasteiger partial charge in [-0.3, -0.25) is 9.59 Å². The molecule has 0 bridgehead atoms. The van der Waals surface area contributed by atoms with Crippen molar-refractivity contribution in [3.63, 3.8) is 0 Å². The zero-order valence-corrected chi connectivity index (χ0v) is 15.7. The van der Waals surface area contributed by atoms with Gasteiger partial charge in [0.15, 0.2) is 0 Å². The van der Waals surface area contributed by atoms with Crippen LogP contribution >= 0.6 is 0 Å². The number of nitrogens with zero attached hydrogens (tertiary/aromatic N) is 2. The topological polar surface area (TPSA) is 64.0 Å². The fourth-order valence-electron chi connectivity index (χ4n) is 3.77. The summed E-state index contributed by atoms with van der Waals surface area (Å²) in [6.07, 6.45) is 1.39. The van der Waals surface area contributed by atoms with E-state index in [1.54, 1.807) is 42.5 Å². The second-order valence-electron chi connectivity index (χ2n) is 7.19. The monoisotopic (exact) mass is 403 g/mol. The standard InChI is InChI=1S/C23H15F2N3O2/c24-17-8-14(13-5-6-19-15(7-13)10-22(29)27-19)9-18(25)16(17)12-28-21-4-2-1-3-20(21)26-11-23(28)30/h1-9,11H,10,12H2,(H,27,29). The maximum absolute atomic E-state index is 14.9. The molecule has 1 amide bonds. The van der Waals surface area contributed by atoms with E-state index >= 15 is 0 Å². The van der Waals surface area contributed by atoms with Crippen LogP contribution in [0.15, 0.2) is 65.6 Å². The molecule has 0 fully saturated rings. The van der Waals surface area contributed by atoms with E-state index in [-0.39, 0.29) is 24.4 Å². The molecule has 1 N–H and O–H groups in total. The molecular weight excluding hydrogens is 388 g/mol. The van der Waals surface area contributed by atoms with Gasteiger partial charge in [-0.2, -0.15) is 0 Å². The predicted octanol–water partition coefficient (Wildman–Crippen LogP) is 3.88. The molecule has 0 spiro atoms. The summed E-state index contributed by atoms with van der Waals surface area (Å²) >= 11 is 0. The Kier molecular flexibility index (Phi) is 4.17. The molecule has 5 rings (SSSR count). The zero-order chi connectivity index (χ0) is 20.8. The Labute approximate surface area is 169 Å². The number of carbonyl (C=O) groups excluding carboxylic acids is 1. The molecule has 0 atom stereocenters. The number of para-hydroxylation sites is 2. The molecule has 1 aromatic heterocycles. The summed E-state index contributed by atoms with van der Waals surface area (Å²) < 4.78 is 31.1. The number of carbonyl (C=O) groups is 1. The van der Waals surface area contributed by atoms with Crippen LogP contribution in [0.1, 0.15) is 11.1 Å². The van der Waals surface area contributed by atoms with Gasteiger partial charge < -0.3 is 9.88 Å². The Morgan fingerprint density at radius 2 is 1.73 bits per heavy atom. The SMILES string of the molecule is O=C1Cc2cc(-c3cc(F)c(Cn4c(=O)cnc5ccccc54)c(F)c3)ccc2N1. The highest BCUT2D eigenvalue weighted by Crippen LogP contribution is 2.31. The molecule has 7 heteroatoms. The van der Waals surface area contributed by atoms with Crippen molar-refractivity contribution in [2.24, 2.45) is 0 Å². The number of rotatable bonds is 3. The highest BCUT2D eigenvalue weighted by Gasteiger charge is 2.19. The lowest BCUT2D eigenvalue weighted by Gasteiger charge is -2.13. The van der Waals surface area contributed by atoms with Gasteiger partial charge in [0.05, 0.1) is 30.2 Å². The second-order valence-corrected chi connectivity index (χ2v) is 7.19. The van der Waals surface area contributed by atoms with Gasteiger partial charge in [0.25, 0.3) is 5.56 Å². The summed E-state index contributed by atoms with van der Waals surface area (Å²) in [5, 5.41) is 2.73. The van der Waals surface area contributed by atoms with Crippen LogP contribution in [0.3, 0.4) is 0 Å². The van der Waals surface area contributed by atoms with E-state index in [9.17, 15) is 18.4 Å². The molecule has 3 aromatic carbocycles. The first kappa shape index (κ1) is 18.2. The minimum absolute atomic E-state index is 0.107. The van der Waals surface area contributed by atoms with Crippen molar-refractivity contribution in [1.29, 1.82) is 0 Å². The Balaban J connectivity index is 1.55. The molecule has 0 saturated carbocycles. The van der Waals surface area contributed by atoms with Crippen LogP contribution in [0.5, 0.6) is 0 Å². The van der Waals surface area contributed by atoms with Crippen molar-refractivity contribution in [3.05, 3.63) is 93.9 Å². The fraction of sp³-hybridized carbons (Fsp3) is 0.0870. The molecule has 1 aliphatic heterocycles. The van der Waals surface area contributed by atoms with Crippen molar-refractivity contribution in [1.82, 2.24) is 9.55 Å². The average molecular weight is 403 g/mol. The van der Waals surface area contributed by atoms with Gasteiger partial charge in [-0.05, 0) is 53.1 Å². The lowest BCUT2D eigenvalue weighted by atomic mass is 9.99. The third kappa shape index (κ3) is 3.04. The average Bonchev–Trinajstić information content (AvgIpc) is 3.11. The molecule has 1 aliphatic rings. The molecule has 30 heavy (non-hydrogen) atoms. The molecule has 0 saturated heterocycles. The first-order valence-electron chi connectivity index (χ1n) is 9.35. The van der Waals surface area contributed by atoms with E-state index in [0.717, 1.165) is 11.8 Å². The third-order valence-electron chi connectivity index (χ3n) is 5.27. The highest BCUT2D eigenvalue weighted by molar-refractivity contribution is 5.99. The van der Waals surface area contributed by atoms with Crippen LogP contribution in [0, 0.1) is 11.6 Å². The lowest BCUT2D eigenvalue weighted by Crippen LogP contribution is -2.22.